The largest absolute Gasteiger partial charge is 0.361 e. The van der Waals surface area contributed by atoms with Crippen LogP contribution in [0.4, 0.5) is 0 Å². The third-order valence-electron chi connectivity index (χ3n) is 4.47. The van der Waals surface area contributed by atoms with Crippen LogP contribution in [0, 0.1) is 20.8 Å². The van der Waals surface area contributed by atoms with Crippen LogP contribution in [0.15, 0.2) is 16.0 Å². The summed E-state index contributed by atoms with van der Waals surface area (Å²) in [5, 5.41) is 9.18. The minimum absolute atomic E-state index is 0.0571. The van der Waals surface area contributed by atoms with Crippen molar-refractivity contribution in [3.63, 3.8) is 0 Å². The average molecular weight is 333 g/mol. The van der Waals surface area contributed by atoms with E-state index in [1.165, 1.54) is 16.9 Å². The van der Waals surface area contributed by atoms with Crippen LogP contribution >= 0.6 is 11.3 Å². The van der Waals surface area contributed by atoms with Gasteiger partial charge in [0.2, 0.25) is 0 Å². The van der Waals surface area contributed by atoms with Crippen molar-refractivity contribution in [2.24, 2.45) is 0 Å². The number of rotatable bonds is 4. The molecule has 0 bridgehead atoms. The Bertz CT molecular complexity index is 672. The Kier molecular flexibility index (Phi) is 4.82. The predicted octanol–water partition coefficient (Wildman–Crippen LogP) is 3.06. The molecule has 6 heteroatoms. The second-order valence-corrected chi connectivity index (χ2v) is 7.20. The third kappa shape index (κ3) is 3.64. The summed E-state index contributed by atoms with van der Waals surface area (Å²) in [5.41, 5.74) is 3.19. The van der Waals surface area contributed by atoms with Gasteiger partial charge in [0.25, 0.3) is 5.91 Å². The lowest BCUT2D eigenvalue weighted by atomic mass is 10.0. The number of likely N-dealkylation sites (tertiary alicyclic amines) is 1. The molecule has 5 nitrogen and oxygen atoms in total. The molecule has 124 valence electrons. The lowest BCUT2D eigenvalue weighted by molar-refractivity contribution is 0.0904. The maximum absolute atomic E-state index is 12.4. The molecule has 1 saturated heterocycles. The molecule has 1 fully saturated rings. The number of carbonyl (C=O) groups excluding carboxylic acids is 1. The molecule has 3 heterocycles. The van der Waals surface area contributed by atoms with Gasteiger partial charge in [0.15, 0.2) is 0 Å². The summed E-state index contributed by atoms with van der Waals surface area (Å²) in [6.45, 7) is 8.68. The van der Waals surface area contributed by atoms with Crippen molar-refractivity contribution in [1.29, 1.82) is 0 Å². The molecule has 1 aliphatic rings. The molecule has 0 aromatic carbocycles. The fourth-order valence-electron chi connectivity index (χ4n) is 3.12. The van der Waals surface area contributed by atoms with Crippen molar-refractivity contribution in [2.45, 2.75) is 46.2 Å². The summed E-state index contributed by atoms with van der Waals surface area (Å²) in [6, 6.07) is 2.20. The minimum atomic E-state index is 0.0571. The van der Waals surface area contributed by atoms with Crippen LogP contribution in [-0.4, -0.2) is 35.1 Å². The highest BCUT2D eigenvalue weighted by molar-refractivity contribution is 7.12. The van der Waals surface area contributed by atoms with Gasteiger partial charge >= 0.3 is 0 Å². The van der Waals surface area contributed by atoms with Crippen LogP contribution in [0.2, 0.25) is 0 Å². The molecule has 1 unspecified atom stereocenters. The first kappa shape index (κ1) is 16.2. The highest BCUT2D eigenvalue weighted by Gasteiger charge is 2.24. The van der Waals surface area contributed by atoms with Gasteiger partial charge in [0, 0.05) is 24.7 Å². The number of amides is 1. The summed E-state index contributed by atoms with van der Waals surface area (Å²) in [5.74, 6) is 0.949. The first-order valence-corrected chi connectivity index (χ1v) is 8.91. The molecule has 1 N–H and O–H groups in total. The van der Waals surface area contributed by atoms with Crippen LogP contribution in [0.25, 0.3) is 0 Å². The zero-order chi connectivity index (χ0) is 16.4. The molecule has 1 amide bonds. The van der Waals surface area contributed by atoms with Crippen LogP contribution in [0.1, 0.15) is 45.1 Å². The van der Waals surface area contributed by atoms with Gasteiger partial charge in [-0.05, 0) is 57.2 Å². The van der Waals surface area contributed by atoms with Gasteiger partial charge in [-0.2, -0.15) is 0 Å². The van der Waals surface area contributed by atoms with E-state index in [9.17, 15) is 4.79 Å². The molecular weight excluding hydrogens is 310 g/mol. The second-order valence-electron chi connectivity index (χ2n) is 6.28. The van der Waals surface area contributed by atoms with Crippen LogP contribution in [-0.2, 0) is 6.54 Å². The summed E-state index contributed by atoms with van der Waals surface area (Å²) in [6.07, 6.45) is 2.13. The molecule has 0 radical (unpaired) electrons. The monoisotopic (exact) mass is 333 g/mol. The number of hydrogen-bond acceptors (Lipinski definition) is 5. The Balaban J connectivity index is 1.60. The van der Waals surface area contributed by atoms with Gasteiger partial charge in [-0.15, -0.1) is 11.3 Å². The maximum atomic E-state index is 12.4. The van der Waals surface area contributed by atoms with E-state index in [1.807, 2.05) is 32.2 Å². The molecular formula is C17H23N3O2S. The fraction of sp³-hybridized carbons (Fsp3) is 0.529. The Labute approximate surface area is 140 Å². The summed E-state index contributed by atoms with van der Waals surface area (Å²) < 4.78 is 5.25. The lowest BCUT2D eigenvalue weighted by Crippen LogP contribution is -2.47. The number of carbonyl (C=O) groups is 1. The van der Waals surface area contributed by atoms with Gasteiger partial charge in [-0.1, -0.05) is 5.16 Å². The summed E-state index contributed by atoms with van der Waals surface area (Å²) in [4.78, 5) is 15.6. The van der Waals surface area contributed by atoms with Crippen molar-refractivity contribution in [3.05, 3.63) is 38.9 Å². The normalized spacial score (nSPS) is 19.0. The summed E-state index contributed by atoms with van der Waals surface area (Å²) in [7, 11) is 0. The number of nitrogens with zero attached hydrogens (tertiary/aromatic N) is 2. The van der Waals surface area contributed by atoms with E-state index in [1.54, 1.807) is 0 Å². The van der Waals surface area contributed by atoms with Gasteiger partial charge in [0.05, 0.1) is 10.6 Å². The predicted molar refractivity (Wildman–Crippen MR) is 90.8 cm³/mol. The number of aromatic nitrogens is 1. The Morgan fingerprint density at radius 1 is 1.48 bits per heavy atom. The van der Waals surface area contributed by atoms with E-state index in [2.05, 4.69) is 15.4 Å². The number of aryl methyl sites for hydroxylation is 3. The minimum Gasteiger partial charge on any atom is -0.361 e. The first-order valence-electron chi connectivity index (χ1n) is 8.03. The molecule has 0 spiro atoms. The van der Waals surface area contributed by atoms with Crippen molar-refractivity contribution in [1.82, 2.24) is 15.4 Å². The number of thiophene rings is 1. The zero-order valence-electron chi connectivity index (χ0n) is 13.9. The van der Waals surface area contributed by atoms with Crippen LogP contribution in [0.3, 0.4) is 0 Å². The third-order valence-corrected chi connectivity index (χ3v) is 5.49. The number of nitrogens with one attached hydrogen (secondary N) is 1. The standard InChI is InChI=1S/C17H23N3O2S/c1-11-6-8-23-16(11)17(21)18-14-5-4-7-20(9-14)10-15-12(2)19-22-13(15)3/h6,8,14H,4-5,7,9-10H2,1-3H3,(H,18,21). The SMILES string of the molecule is Cc1ccsc1C(=O)NC1CCCN(Cc2c(C)noc2C)C1. The number of hydrogen-bond donors (Lipinski definition) is 1. The van der Waals surface area contributed by atoms with Crippen molar-refractivity contribution >= 4 is 17.2 Å². The fourth-order valence-corrected chi connectivity index (χ4v) is 3.95. The Morgan fingerprint density at radius 2 is 2.30 bits per heavy atom. The van der Waals surface area contributed by atoms with Crippen LogP contribution in [0.5, 0.6) is 0 Å². The molecule has 0 saturated carbocycles. The van der Waals surface area contributed by atoms with Crippen LogP contribution < -0.4 is 5.32 Å². The summed E-state index contributed by atoms with van der Waals surface area (Å²) >= 11 is 1.51. The molecule has 3 rings (SSSR count). The first-order chi connectivity index (χ1) is 11.0. The second kappa shape index (κ2) is 6.84. The lowest BCUT2D eigenvalue weighted by Gasteiger charge is -2.33. The Morgan fingerprint density at radius 3 is 2.96 bits per heavy atom. The van der Waals surface area contributed by atoms with E-state index in [-0.39, 0.29) is 11.9 Å². The molecule has 2 aromatic rings. The topological polar surface area (TPSA) is 58.4 Å². The molecule has 2 aromatic heterocycles. The van der Waals surface area contributed by atoms with E-state index in [4.69, 9.17) is 4.52 Å². The Hall–Kier alpha value is -1.66. The van der Waals surface area contributed by atoms with Gasteiger partial charge in [0.1, 0.15) is 5.76 Å². The van der Waals surface area contributed by atoms with Crippen molar-refractivity contribution in [2.75, 3.05) is 13.1 Å². The van der Waals surface area contributed by atoms with Crippen molar-refractivity contribution < 1.29 is 9.32 Å². The maximum Gasteiger partial charge on any atom is 0.261 e. The van der Waals surface area contributed by atoms with Gasteiger partial charge in [-0.25, -0.2) is 0 Å². The van der Waals surface area contributed by atoms with E-state index >= 15 is 0 Å². The highest BCUT2D eigenvalue weighted by Crippen LogP contribution is 2.20. The number of piperidine rings is 1. The van der Waals surface area contributed by atoms with E-state index < -0.39 is 0 Å². The van der Waals surface area contributed by atoms with Gasteiger partial charge < -0.3 is 9.84 Å². The van der Waals surface area contributed by atoms with Gasteiger partial charge in [-0.3, -0.25) is 9.69 Å². The molecule has 1 atom stereocenters. The molecule has 23 heavy (non-hydrogen) atoms. The van der Waals surface area contributed by atoms with E-state index in [0.717, 1.165) is 54.4 Å². The molecule has 0 aliphatic carbocycles. The quantitative estimate of drug-likeness (QED) is 0.934. The molecule has 1 aliphatic heterocycles. The average Bonchev–Trinajstić information content (AvgIpc) is 3.08. The zero-order valence-corrected chi connectivity index (χ0v) is 14.7. The highest BCUT2D eigenvalue weighted by atomic mass is 32.1. The smallest absolute Gasteiger partial charge is 0.261 e. The van der Waals surface area contributed by atoms with Crippen molar-refractivity contribution in [3.8, 4) is 0 Å². The van der Waals surface area contributed by atoms with E-state index in [0.29, 0.717) is 0 Å².